The van der Waals surface area contributed by atoms with Gasteiger partial charge in [0.2, 0.25) is 0 Å². The summed E-state index contributed by atoms with van der Waals surface area (Å²) in [6.45, 7) is 14.3. The van der Waals surface area contributed by atoms with Gasteiger partial charge < -0.3 is 33.9 Å². The number of rotatable bonds is 18. The van der Waals surface area contributed by atoms with Crippen LogP contribution in [0.3, 0.4) is 0 Å². The van der Waals surface area contributed by atoms with E-state index in [1.807, 2.05) is 57.5 Å². The van der Waals surface area contributed by atoms with E-state index >= 15 is 0 Å². The largest absolute Gasteiger partial charge is 0.491 e. The number of methoxy groups -OCH3 is 1. The Kier molecular flexibility index (Phi) is 14.1. The van der Waals surface area contributed by atoms with Crippen molar-refractivity contribution in [1.82, 2.24) is 19.7 Å². The van der Waals surface area contributed by atoms with Gasteiger partial charge in [-0.2, -0.15) is 5.10 Å². The van der Waals surface area contributed by atoms with E-state index in [0.29, 0.717) is 31.5 Å². The van der Waals surface area contributed by atoms with Crippen molar-refractivity contribution in [3.63, 3.8) is 0 Å². The lowest BCUT2D eigenvalue weighted by Gasteiger charge is -2.25. The molecule has 0 radical (unpaired) electrons. The van der Waals surface area contributed by atoms with E-state index in [2.05, 4.69) is 28.4 Å². The lowest BCUT2D eigenvalue weighted by atomic mass is 9.94. The SMILES string of the molecule is COC(=O)C[C@H](CN1CC[C@@H](CCc2ccc3c(n2)NCCC3)C1)c1cc(OCCOCCOCC(=O)OC(C)(C)C)cc(-n2nc(C)cc2C)c1. The molecule has 5 rings (SSSR count). The topological polar surface area (TPSA) is 126 Å². The van der Waals surface area contributed by atoms with E-state index < -0.39 is 11.6 Å². The normalized spacial score (nSPS) is 16.6. The molecule has 284 valence electrons. The fourth-order valence-electron chi connectivity index (χ4n) is 6.96. The van der Waals surface area contributed by atoms with Gasteiger partial charge in [0, 0.05) is 43.0 Å². The minimum absolute atomic E-state index is 0.0998. The van der Waals surface area contributed by atoms with Crippen molar-refractivity contribution in [3.05, 3.63) is 64.6 Å². The third-order valence-electron chi connectivity index (χ3n) is 9.40. The van der Waals surface area contributed by atoms with Crippen LogP contribution in [-0.4, -0.2) is 104 Å². The average Bonchev–Trinajstić information content (AvgIpc) is 3.71. The van der Waals surface area contributed by atoms with Crippen LogP contribution in [0.2, 0.25) is 0 Å². The van der Waals surface area contributed by atoms with Gasteiger partial charge in [-0.3, -0.25) is 4.79 Å². The predicted octanol–water partition coefficient (Wildman–Crippen LogP) is 5.60. The molecule has 1 aromatic carbocycles. The number of pyridine rings is 1. The zero-order valence-corrected chi connectivity index (χ0v) is 31.9. The minimum Gasteiger partial charge on any atom is -0.491 e. The second-order valence-electron chi connectivity index (χ2n) is 15.0. The van der Waals surface area contributed by atoms with E-state index in [4.69, 9.17) is 33.8 Å². The smallest absolute Gasteiger partial charge is 0.332 e. The van der Waals surface area contributed by atoms with Gasteiger partial charge in [-0.1, -0.05) is 6.07 Å². The molecule has 2 aromatic heterocycles. The Bertz CT molecular complexity index is 1630. The van der Waals surface area contributed by atoms with Crippen molar-refractivity contribution < 1.29 is 33.3 Å². The number of nitrogens with zero attached hydrogens (tertiary/aromatic N) is 4. The molecule has 4 heterocycles. The van der Waals surface area contributed by atoms with Gasteiger partial charge in [0.1, 0.15) is 30.4 Å². The highest BCUT2D eigenvalue weighted by atomic mass is 16.6. The number of benzene rings is 1. The highest BCUT2D eigenvalue weighted by molar-refractivity contribution is 5.71. The van der Waals surface area contributed by atoms with E-state index in [-0.39, 0.29) is 31.5 Å². The number of aromatic nitrogens is 3. The molecule has 1 N–H and O–H groups in total. The molecule has 0 amide bonds. The molecular weight excluding hydrogens is 662 g/mol. The lowest BCUT2D eigenvalue weighted by molar-refractivity contribution is -0.160. The summed E-state index contributed by atoms with van der Waals surface area (Å²) in [7, 11) is 1.44. The van der Waals surface area contributed by atoms with Gasteiger partial charge in [0.15, 0.2) is 0 Å². The first-order valence-corrected chi connectivity index (χ1v) is 18.7. The van der Waals surface area contributed by atoms with Crippen molar-refractivity contribution in [2.24, 2.45) is 5.92 Å². The minimum atomic E-state index is -0.546. The van der Waals surface area contributed by atoms with Crippen LogP contribution < -0.4 is 10.1 Å². The summed E-state index contributed by atoms with van der Waals surface area (Å²) in [6, 6.07) is 12.6. The van der Waals surface area contributed by atoms with Crippen molar-refractivity contribution in [1.29, 1.82) is 0 Å². The first-order valence-electron chi connectivity index (χ1n) is 18.7. The zero-order valence-electron chi connectivity index (χ0n) is 31.9. The standard InChI is InChI=1S/C40H57N5O7/c1-28-20-29(2)45(43-28)35-21-32(22-36(24-35)51-19-18-49-16-17-50-27-38(47)52-40(3,4)5)33(23-37(46)48-6)26-44-15-13-30(25-44)9-11-34-12-10-31-8-7-14-41-39(31)42-34/h10,12,20-22,24,30,33H,7-9,11,13-19,23,25-27H2,1-6H3,(H,41,42)/t30-,33-/m1/s1. The molecule has 52 heavy (non-hydrogen) atoms. The molecule has 2 aliphatic heterocycles. The average molecular weight is 720 g/mol. The molecule has 0 bridgehead atoms. The summed E-state index contributed by atoms with van der Waals surface area (Å²) in [5.41, 5.74) is 5.72. The molecule has 2 aliphatic rings. The Hall–Kier alpha value is -4.00. The molecule has 12 heteroatoms. The molecule has 3 aromatic rings. The third-order valence-corrected chi connectivity index (χ3v) is 9.40. The van der Waals surface area contributed by atoms with E-state index in [1.54, 1.807) is 0 Å². The van der Waals surface area contributed by atoms with Gasteiger partial charge in [-0.05, 0) is 115 Å². The quantitative estimate of drug-likeness (QED) is 0.131. The lowest BCUT2D eigenvalue weighted by Crippen LogP contribution is -2.28. The summed E-state index contributed by atoms with van der Waals surface area (Å²) in [4.78, 5) is 32.0. The molecule has 0 spiro atoms. The number of anilines is 1. The van der Waals surface area contributed by atoms with Crippen LogP contribution in [0.4, 0.5) is 5.82 Å². The number of esters is 2. The summed E-state index contributed by atoms with van der Waals surface area (Å²) in [6.07, 6.45) is 5.70. The number of aryl methyl sites for hydroxylation is 4. The van der Waals surface area contributed by atoms with Gasteiger partial charge in [-0.25, -0.2) is 14.5 Å². The van der Waals surface area contributed by atoms with Gasteiger partial charge in [-0.15, -0.1) is 0 Å². The predicted molar refractivity (Wildman–Crippen MR) is 199 cm³/mol. The second kappa shape index (κ2) is 18.7. The summed E-state index contributed by atoms with van der Waals surface area (Å²) in [5.74, 6) is 1.56. The van der Waals surface area contributed by atoms with Crippen molar-refractivity contribution in [3.8, 4) is 11.4 Å². The molecule has 2 atom stereocenters. The number of carbonyl (C=O) groups is 2. The Morgan fingerprint density at radius 1 is 1.02 bits per heavy atom. The molecule has 0 aliphatic carbocycles. The fraction of sp³-hybridized carbons (Fsp3) is 0.600. The highest BCUT2D eigenvalue weighted by Gasteiger charge is 2.28. The van der Waals surface area contributed by atoms with Crippen LogP contribution in [0.25, 0.3) is 5.69 Å². The first kappa shape index (κ1) is 39.2. The van der Waals surface area contributed by atoms with E-state index in [1.165, 1.54) is 12.7 Å². The summed E-state index contributed by atoms with van der Waals surface area (Å²) < 4.78 is 29.6. The molecule has 1 fully saturated rings. The van der Waals surface area contributed by atoms with E-state index in [0.717, 1.165) is 92.4 Å². The number of nitrogens with one attached hydrogen (secondary N) is 1. The molecule has 0 saturated carbocycles. The van der Waals surface area contributed by atoms with Crippen LogP contribution in [0.15, 0.2) is 36.4 Å². The Morgan fingerprint density at radius 3 is 2.60 bits per heavy atom. The Labute approximate surface area is 308 Å². The first-order chi connectivity index (χ1) is 25.0. The number of hydrogen-bond acceptors (Lipinski definition) is 11. The molecule has 0 unspecified atom stereocenters. The number of fused-ring (bicyclic) bond motifs is 1. The Morgan fingerprint density at radius 2 is 1.83 bits per heavy atom. The third kappa shape index (κ3) is 12.0. The maximum atomic E-state index is 12.8. The monoisotopic (exact) mass is 719 g/mol. The van der Waals surface area contributed by atoms with Crippen molar-refractivity contribution in [2.75, 3.05) is 71.6 Å². The summed E-state index contributed by atoms with van der Waals surface area (Å²) in [5, 5.41) is 8.18. The number of carbonyl (C=O) groups excluding carboxylic acids is 2. The van der Waals surface area contributed by atoms with Crippen LogP contribution in [0, 0.1) is 19.8 Å². The maximum absolute atomic E-state index is 12.8. The number of likely N-dealkylation sites (tertiary alicyclic amines) is 1. The highest BCUT2D eigenvalue weighted by Crippen LogP contribution is 2.32. The van der Waals surface area contributed by atoms with Crippen LogP contribution >= 0.6 is 0 Å². The number of hydrogen-bond donors (Lipinski definition) is 1. The van der Waals surface area contributed by atoms with Crippen LogP contribution in [0.1, 0.15) is 80.6 Å². The number of ether oxygens (including phenoxy) is 5. The fourth-order valence-corrected chi connectivity index (χ4v) is 6.96. The molecule has 12 nitrogen and oxygen atoms in total. The molecular formula is C40H57N5O7. The molecule has 1 saturated heterocycles. The maximum Gasteiger partial charge on any atom is 0.332 e. The zero-order chi connectivity index (χ0) is 37.1. The van der Waals surface area contributed by atoms with Gasteiger partial charge in [0.05, 0.1) is 44.7 Å². The van der Waals surface area contributed by atoms with Crippen LogP contribution in [0.5, 0.6) is 5.75 Å². The Balaban J connectivity index is 1.20. The van der Waals surface area contributed by atoms with Gasteiger partial charge in [0.25, 0.3) is 0 Å². The van der Waals surface area contributed by atoms with Crippen LogP contribution in [-0.2, 0) is 41.4 Å². The second-order valence-corrected chi connectivity index (χ2v) is 15.0. The van der Waals surface area contributed by atoms with Crippen molar-refractivity contribution >= 4 is 17.8 Å². The van der Waals surface area contributed by atoms with E-state index in [9.17, 15) is 9.59 Å². The summed E-state index contributed by atoms with van der Waals surface area (Å²) >= 11 is 0. The van der Waals surface area contributed by atoms with Crippen molar-refractivity contribution in [2.45, 2.75) is 84.7 Å². The van der Waals surface area contributed by atoms with Gasteiger partial charge >= 0.3 is 11.9 Å².